The van der Waals surface area contributed by atoms with Crippen molar-refractivity contribution in [3.05, 3.63) is 17.7 Å². The Balaban J connectivity index is 3.08. The number of aliphatic hydroxyl groups is 2. The number of rotatable bonds is 3. The SMILES string of the molecule is CC(=O)c1nc(CO)cn1CO. The molecular weight excluding hydrogens is 160 g/mol. The maximum Gasteiger partial charge on any atom is 0.195 e. The normalized spacial score (nSPS) is 10.2. The fraction of sp³-hybridized carbons (Fsp3) is 0.429. The van der Waals surface area contributed by atoms with Crippen molar-refractivity contribution in [3.8, 4) is 0 Å². The number of aliphatic hydroxyl groups excluding tert-OH is 2. The lowest BCUT2D eigenvalue weighted by Crippen LogP contribution is -2.06. The minimum absolute atomic E-state index is 0.168. The molecule has 0 bridgehead atoms. The second-order valence-corrected chi connectivity index (χ2v) is 2.38. The fourth-order valence-corrected chi connectivity index (χ4v) is 0.935. The molecule has 12 heavy (non-hydrogen) atoms. The van der Waals surface area contributed by atoms with Gasteiger partial charge in [0.05, 0.1) is 12.3 Å². The number of carbonyl (C=O) groups is 1. The molecule has 0 aliphatic carbocycles. The van der Waals surface area contributed by atoms with Gasteiger partial charge in [-0.2, -0.15) is 0 Å². The van der Waals surface area contributed by atoms with Crippen molar-refractivity contribution in [1.29, 1.82) is 0 Å². The Labute approximate surface area is 69.3 Å². The molecule has 0 aliphatic rings. The highest BCUT2D eigenvalue weighted by molar-refractivity contribution is 5.90. The summed E-state index contributed by atoms with van der Waals surface area (Å²) in [4.78, 5) is 14.7. The predicted molar refractivity (Wildman–Crippen MR) is 40.4 cm³/mol. The van der Waals surface area contributed by atoms with Gasteiger partial charge in [-0.15, -0.1) is 0 Å². The minimum atomic E-state index is -0.304. The zero-order chi connectivity index (χ0) is 9.14. The molecule has 1 heterocycles. The van der Waals surface area contributed by atoms with Crippen LogP contribution in [0.15, 0.2) is 6.20 Å². The Hall–Kier alpha value is -1.20. The maximum absolute atomic E-state index is 10.9. The van der Waals surface area contributed by atoms with Crippen LogP contribution in [0.3, 0.4) is 0 Å². The first-order valence-electron chi connectivity index (χ1n) is 3.47. The summed E-state index contributed by atoms with van der Waals surface area (Å²) in [5, 5.41) is 17.4. The van der Waals surface area contributed by atoms with Crippen LogP contribution in [0, 0.1) is 0 Å². The number of ketones is 1. The highest BCUT2D eigenvalue weighted by Gasteiger charge is 2.09. The molecule has 0 aromatic carbocycles. The van der Waals surface area contributed by atoms with Crippen molar-refractivity contribution in [2.75, 3.05) is 0 Å². The lowest BCUT2D eigenvalue weighted by molar-refractivity contribution is 0.0987. The summed E-state index contributed by atoms with van der Waals surface area (Å²) in [6.07, 6.45) is 1.44. The number of hydrogen-bond donors (Lipinski definition) is 2. The molecule has 0 saturated carbocycles. The van der Waals surface area contributed by atoms with Gasteiger partial charge < -0.3 is 14.8 Å². The molecule has 0 unspecified atom stereocenters. The molecule has 1 aromatic heterocycles. The third-order valence-corrected chi connectivity index (χ3v) is 1.46. The van der Waals surface area contributed by atoms with Crippen molar-refractivity contribution in [2.45, 2.75) is 20.3 Å². The Bertz CT molecular complexity index is 293. The smallest absolute Gasteiger partial charge is 0.195 e. The molecule has 2 N–H and O–H groups in total. The highest BCUT2D eigenvalue weighted by atomic mass is 16.3. The molecule has 0 saturated heterocycles. The number of hydrogen-bond acceptors (Lipinski definition) is 4. The fourth-order valence-electron chi connectivity index (χ4n) is 0.935. The van der Waals surface area contributed by atoms with Gasteiger partial charge in [0.2, 0.25) is 0 Å². The van der Waals surface area contributed by atoms with E-state index >= 15 is 0 Å². The van der Waals surface area contributed by atoms with Crippen LogP contribution in [0.4, 0.5) is 0 Å². The summed E-state index contributed by atoms with van der Waals surface area (Å²) in [7, 11) is 0. The first-order chi connectivity index (χ1) is 5.69. The number of imidazole rings is 1. The maximum atomic E-state index is 10.9. The molecule has 0 radical (unpaired) electrons. The lowest BCUT2D eigenvalue weighted by atomic mass is 10.4. The number of nitrogens with zero attached hydrogens (tertiary/aromatic N) is 2. The van der Waals surface area contributed by atoms with Crippen LogP contribution < -0.4 is 0 Å². The van der Waals surface area contributed by atoms with Crippen molar-refractivity contribution in [3.63, 3.8) is 0 Å². The van der Waals surface area contributed by atoms with E-state index < -0.39 is 0 Å². The zero-order valence-corrected chi connectivity index (χ0v) is 6.69. The van der Waals surface area contributed by atoms with Gasteiger partial charge in [0.25, 0.3) is 0 Å². The molecule has 5 nitrogen and oxygen atoms in total. The van der Waals surface area contributed by atoms with E-state index in [0.29, 0.717) is 5.69 Å². The number of Topliss-reactive ketones (excluding diaryl/α,β-unsaturated/α-hetero) is 1. The van der Waals surface area contributed by atoms with E-state index in [1.165, 1.54) is 17.7 Å². The Kier molecular flexibility index (Phi) is 2.57. The van der Waals surface area contributed by atoms with Gasteiger partial charge in [-0.3, -0.25) is 4.79 Å². The molecule has 66 valence electrons. The van der Waals surface area contributed by atoms with Gasteiger partial charge in [-0.25, -0.2) is 4.98 Å². The summed E-state index contributed by atoms with van der Waals surface area (Å²) in [5.74, 6) is -0.0645. The molecule has 1 rings (SSSR count). The number of carbonyl (C=O) groups excluding carboxylic acids is 1. The van der Waals surface area contributed by atoms with Crippen LogP contribution in [-0.2, 0) is 13.3 Å². The highest BCUT2D eigenvalue weighted by Crippen LogP contribution is 2.03. The van der Waals surface area contributed by atoms with Crippen molar-refractivity contribution >= 4 is 5.78 Å². The molecule has 0 amide bonds. The van der Waals surface area contributed by atoms with Gasteiger partial charge in [-0.05, 0) is 0 Å². The summed E-state index contributed by atoms with van der Waals surface area (Å²) in [6.45, 7) is 0.824. The molecule has 0 aliphatic heterocycles. The first-order valence-corrected chi connectivity index (χ1v) is 3.47. The van der Waals surface area contributed by atoms with E-state index in [4.69, 9.17) is 10.2 Å². The number of aromatic nitrogens is 2. The average Bonchev–Trinajstić information content (AvgIpc) is 2.47. The molecular formula is C7H10N2O3. The molecule has 5 heteroatoms. The summed E-state index contributed by atoms with van der Waals surface area (Å²) in [6, 6.07) is 0. The second-order valence-electron chi connectivity index (χ2n) is 2.38. The molecule has 0 fully saturated rings. The van der Waals surface area contributed by atoms with Crippen LogP contribution >= 0.6 is 0 Å². The first kappa shape index (κ1) is 8.89. The molecule has 0 atom stereocenters. The quantitative estimate of drug-likeness (QED) is 0.601. The predicted octanol–water partition coefficient (Wildman–Crippen LogP) is -0.472. The summed E-state index contributed by atoms with van der Waals surface area (Å²) >= 11 is 0. The summed E-state index contributed by atoms with van der Waals surface area (Å²) in [5.41, 5.74) is 0.384. The van der Waals surface area contributed by atoms with Gasteiger partial charge in [-0.1, -0.05) is 0 Å². The minimum Gasteiger partial charge on any atom is -0.390 e. The zero-order valence-electron chi connectivity index (χ0n) is 6.69. The van der Waals surface area contributed by atoms with Crippen molar-refractivity contribution < 1.29 is 15.0 Å². The van der Waals surface area contributed by atoms with E-state index in [9.17, 15) is 4.79 Å². The summed E-state index contributed by atoms with van der Waals surface area (Å²) < 4.78 is 1.29. The topological polar surface area (TPSA) is 75.3 Å². The third kappa shape index (κ3) is 1.51. The Morgan fingerprint density at radius 2 is 2.33 bits per heavy atom. The molecule has 1 aromatic rings. The van der Waals surface area contributed by atoms with Crippen LogP contribution in [-0.4, -0.2) is 25.5 Å². The Morgan fingerprint density at radius 3 is 2.67 bits per heavy atom. The monoisotopic (exact) mass is 170 g/mol. The van der Waals surface area contributed by atoms with Gasteiger partial charge >= 0.3 is 0 Å². The largest absolute Gasteiger partial charge is 0.390 e. The van der Waals surface area contributed by atoms with E-state index in [-0.39, 0.29) is 24.9 Å². The standard InChI is InChI=1S/C7H10N2O3/c1-5(12)7-8-6(3-10)2-9(7)4-11/h2,10-11H,3-4H2,1H3. The van der Waals surface area contributed by atoms with E-state index in [2.05, 4.69) is 4.98 Å². The third-order valence-electron chi connectivity index (χ3n) is 1.46. The van der Waals surface area contributed by atoms with Crippen molar-refractivity contribution in [1.82, 2.24) is 9.55 Å². The lowest BCUT2D eigenvalue weighted by Gasteiger charge is -1.97. The second kappa shape index (κ2) is 3.46. The molecule has 0 spiro atoms. The van der Waals surface area contributed by atoms with Crippen LogP contribution in [0.5, 0.6) is 0 Å². The average molecular weight is 170 g/mol. The van der Waals surface area contributed by atoms with E-state index in [1.807, 2.05) is 0 Å². The van der Waals surface area contributed by atoms with Crippen LogP contribution in [0.2, 0.25) is 0 Å². The van der Waals surface area contributed by atoms with E-state index in [0.717, 1.165) is 0 Å². The van der Waals surface area contributed by atoms with Gasteiger partial charge in [0.15, 0.2) is 11.6 Å². The van der Waals surface area contributed by atoms with Gasteiger partial charge in [0.1, 0.15) is 6.73 Å². The Morgan fingerprint density at radius 1 is 1.67 bits per heavy atom. The van der Waals surface area contributed by atoms with Crippen molar-refractivity contribution in [2.24, 2.45) is 0 Å². The van der Waals surface area contributed by atoms with Crippen LogP contribution in [0.1, 0.15) is 23.2 Å². The van der Waals surface area contributed by atoms with Gasteiger partial charge in [0, 0.05) is 13.1 Å². The van der Waals surface area contributed by atoms with E-state index in [1.54, 1.807) is 0 Å². The van der Waals surface area contributed by atoms with Crippen LogP contribution in [0.25, 0.3) is 0 Å².